The zero-order valence-electron chi connectivity index (χ0n) is 22.4. The molecule has 2 aromatic rings. The molecule has 206 valence electrons. The zero-order valence-corrected chi connectivity index (χ0v) is 22.4. The van der Waals surface area contributed by atoms with Crippen LogP contribution in [-0.4, -0.2) is 72.1 Å². The number of amides is 2. The summed E-state index contributed by atoms with van der Waals surface area (Å²) in [6.07, 6.45) is 1.29. The van der Waals surface area contributed by atoms with Gasteiger partial charge in [-0.3, -0.25) is 10.2 Å². The summed E-state index contributed by atoms with van der Waals surface area (Å²) in [6.45, 7) is 5.18. The van der Waals surface area contributed by atoms with E-state index in [1.165, 1.54) is 24.3 Å². The maximum Gasteiger partial charge on any atom is 0.408 e. The van der Waals surface area contributed by atoms with Gasteiger partial charge >= 0.3 is 12.1 Å². The lowest BCUT2D eigenvalue weighted by Crippen LogP contribution is -2.57. The number of carbonyl (C=O) groups is 3. The number of carbonyl (C=O) groups excluding carboxylic acids is 3. The number of β-amino-alcohol motifs (C(OH)–C–C–N with tert-alkyl or cyclic N) is 1. The van der Waals surface area contributed by atoms with E-state index in [1.54, 1.807) is 26.8 Å². The van der Waals surface area contributed by atoms with Crippen LogP contribution in [0.5, 0.6) is 5.75 Å². The van der Waals surface area contributed by atoms with Crippen molar-refractivity contribution in [1.29, 1.82) is 5.41 Å². The van der Waals surface area contributed by atoms with Gasteiger partial charge in [-0.05, 0) is 40.8 Å². The topological polar surface area (TPSA) is 138 Å². The van der Waals surface area contributed by atoms with Gasteiger partial charge in [-0.1, -0.05) is 45.0 Å². The molecule has 1 heterocycles. The number of esters is 1. The van der Waals surface area contributed by atoms with Gasteiger partial charge in [0.15, 0.2) is 0 Å². The number of likely N-dealkylation sites (tertiary alicyclic amines) is 1. The molecule has 10 heteroatoms. The molecule has 1 aliphatic carbocycles. The Morgan fingerprint density at radius 3 is 2.51 bits per heavy atom. The molecule has 2 aromatic carbocycles. The van der Waals surface area contributed by atoms with Crippen molar-refractivity contribution in [2.75, 3.05) is 20.3 Å². The first-order valence-corrected chi connectivity index (χ1v) is 12.7. The van der Waals surface area contributed by atoms with Gasteiger partial charge in [-0.25, -0.2) is 9.59 Å². The van der Waals surface area contributed by atoms with Crippen molar-refractivity contribution in [3.63, 3.8) is 0 Å². The molecule has 1 aliphatic heterocycles. The van der Waals surface area contributed by atoms with Crippen LogP contribution in [0.25, 0.3) is 11.1 Å². The number of alkyl carbamates (subject to hydrolysis) is 1. The molecular formula is C29H33N3O7. The summed E-state index contributed by atoms with van der Waals surface area (Å²) in [5.41, 5.74) is 3.41. The quantitative estimate of drug-likeness (QED) is 0.312. The van der Waals surface area contributed by atoms with E-state index in [1.807, 2.05) is 36.4 Å². The minimum Gasteiger partial charge on any atom is -0.467 e. The highest BCUT2D eigenvalue weighted by Gasteiger charge is 2.45. The van der Waals surface area contributed by atoms with Crippen LogP contribution >= 0.6 is 0 Å². The normalized spacial score (nSPS) is 18.9. The lowest BCUT2D eigenvalue weighted by molar-refractivity contribution is -0.152. The van der Waals surface area contributed by atoms with Crippen LogP contribution in [0.1, 0.15) is 38.3 Å². The second-order valence-electron chi connectivity index (χ2n) is 10.6. The van der Waals surface area contributed by atoms with Crippen molar-refractivity contribution < 1.29 is 33.7 Å². The van der Waals surface area contributed by atoms with E-state index in [2.05, 4.69) is 5.32 Å². The van der Waals surface area contributed by atoms with Crippen LogP contribution in [0.2, 0.25) is 0 Å². The number of hydrogen-bond donors (Lipinski definition) is 3. The lowest BCUT2D eigenvalue weighted by atomic mass is 9.85. The van der Waals surface area contributed by atoms with E-state index >= 15 is 0 Å². The Morgan fingerprint density at radius 2 is 1.82 bits per heavy atom. The van der Waals surface area contributed by atoms with Gasteiger partial charge in [0.1, 0.15) is 24.4 Å². The van der Waals surface area contributed by atoms with Crippen molar-refractivity contribution in [3.05, 3.63) is 65.9 Å². The molecule has 0 saturated carbocycles. The highest BCUT2D eigenvalue weighted by atomic mass is 16.5. The van der Waals surface area contributed by atoms with Crippen molar-refractivity contribution in [2.45, 2.75) is 45.4 Å². The Hall–Kier alpha value is -4.18. The number of methoxy groups -OCH3 is 1. The summed E-state index contributed by atoms with van der Waals surface area (Å²) in [4.78, 5) is 39.2. The average Bonchev–Trinajstić information content (AvgIpc) is 3.43. The number of rotatable bonds is 7. The number of nitrogens with zero attached hydrogens (tertiary/aromatic N) is 1. The first-order valence-electron chi connectivity index (χ1n) is 12.7. The smallest absolute Gasteiger partial charge is 0.408 e. The van der Waals surface area contributed by atoms with E-state index in [0.29, 0.717) is 11.5 Å². The van der Waals surface area contributed by atoms with Gasteiger partial charge in [0, 0.05) is 24.1 Å². The summed E-state index contributed by atoms with van der Waals surface area (Å²) < 4.78 is 15.6. The predicted molar refractivity (Wildman–Crippen MR) is 143 cm³/mol. The third-order valence-electron chi connectivity index (χ3n) is 6.77. The first-order chi connectivity index (χ1) is 18.5. The summed E-state index contributed by atoms with van der Waals surface area (Å²) in [6, 6.07) is 11.4. The fourth-order valence-corrected chi connectivity index (χ4v) is 4.80. The standard InChI is InChI=1S/C29H33N3O7/c1-29(2,3)25(26(34)32-16-17(33)14-23(32)27(35)37-4)31-28(36)39-13-7-12-38-18-10-11-20-19-8-5-6-9-21(19)24(30)22(20)15-18/h5-12,15,17,23,25,30,33H,13-14,16H2,1-4H3,(H,31,36)/t17-,23+,25-/m1/s1. The Labute approximate surface area is 227 Å². The van der Waals surface area contributed by atoms with E-state index in [4.69, 9.17) is 19.6 Å². The molecule has 39 heavy (non-hydrogen) atoms. The molecule has 1 saturated heterocycles. The van der Waals surface area contributed by atoms with Gasteiger partial charge in [0.05, 0.1) is 25.2 Å². The largest absolute Gasteiger partial charge is 0.467 e. The van der Waals surface area contributed by atoms with Gasteiger partial charge in [-0.2, -0.15) is 0 Å². The number of hydrogen-bond acceptors (Lipinski definition) is 8. The zero-order chi connectivity index (χ0) is 28.3. The van der Waals surface area contributed by atoms with Crippen LogP contribution in [0.3, 0.4) is 0 Å². The third kappa shape index (κ3) is 5.96. The number of ether oxygens (including phenoxy) is 3. The molecule has 0 radical (unpaired) electrons. The molecule has 0 aromatic heterocycles. The van der Waals surface area contributed by atoms with E-state index in [9.17, 15) is 19.5 Å². The molecule has 3 atom stereocenters. The summed E-state index contributed by atoms with van der Waals surface area (Å²) >= 11 is 0. The number of nitrogens with one attached hydrogen (secondary N) is 2. The number of fused-ring (bicyclic) bond motifs is 3. The molecule has 0 spiro atoms. The van der Waals surface area contributed by atoms with Crippen LogP contribution in [0.15, 0.2) is 54.8 Å². The van der Waals surface area contributed by atoms with Crippen molar-refractivity contribution >= 4 is 23.7 Å². The Morgan fingerprint density at radius 1 is 1.13 bits per heavy atom. The molecule has 2 aliphatic rings. The first kappa shape index (κ1) is 27.8. The molecule has 0 bridgehead atoms. The molecule has 3 N–H and O–H groups in total. The Balaban J connectivity index is 1.32. The molecule has 4 rings (SSSR count). The maximum atomic E-state index is 13.3. The highest BCUT2D eigenvalue weighted by Crippen LogP contribution is 2.38. The number of aliphatic hydroxyl groups is 1. The summed E-state index contributed by atoms with van der Waals surface area (Å²) in [7, 11) is 1.22. The molecule has 1 fully saturated rings. The second-order valence-corrected chi connectivity index (χ2v) is 10.6. The van der Waals surface area contributed by atoms with Crippen LogP contribution in [0.4, 0.5) is 4.79 Å². The maximum absolute atomic E-state index is 13.3. The van der Waals surface area contributed by atoms with E-state index in [0.717, 1.165) is 22.3 Å². The Kier molecular flexibility index (Phi) is 8.06. The monoisotopic (exact) mass is 535 g/mol. The number of aliphatic hydroxyl groups excluding tert-OH is 1. The minimum absolute atomic E-state index is 0.0315. The van der Waals surface area contributed by atoms with Crippen LogP contribution < -0.4 is 10.1 Å². The highest BCUT2D eigenvalue weighted by molar-refractivity contribution is 6.23. The van der Waals surface area contributed by atoms with E-state index < -0.39 is 41.6 Å². The van der Waals surface area contributed by atoms with Crippen LogP contribution in [-0.2, 0) is 19.1 Å². The fraction of sp³-hybridized carbons (Fsp3) is 0.379. The number of benzene rings is 2. The predicted octanol–water partition coefficient (Wildman–Crippen LogP) is 3.25. The molecular weight excluding hydrogens is 502 g/mol. The van der Waals surface area contributed by atoms with Gasteiger partial charge in [-0.15, -0.1) is 0 Å². The van der Waals surface area contributed by atoms with Gasteiger partial charge < -0.3 is 29.5 Å². The summed E-state index contributed by atoms with van der Waals surface area (Å²) in [5, 5.41) is 21.1. The fourth-order valence-electron chi connectivity index (χ4n) is 4.80. The second kappa shape index (κ2) is 11.3. The van der Waals surface area contributed by atoms with Gasteiger partial charge in [0.25, 0.3) is 0 Å². The van der Waals surface area contributed by atoms with E-state index in [-0.39, 0.29) is 19.6 Å². The van der Waals surface area contributed by atoms with Crippen molar-refractivity contribution in [2.24, 2.45) is 5.41 Å². The van der Waals surface area contributed by atoms with Crippen LogP contribution in [0, 0.1) is 10.8 Å². The van der Waals surface area contributed by atoms with Crippen molar-refractivity contribution in [3.8, 4) is 16.9 Å². The summed E-state index contributed by atoms with van der Waals surface area (Å²) in [5.74, 6) is -0.585. The van der Waals surface area contributed by atoms with Gasteiger partial charge in [0.2, 0.25) is 5.91 Å². The lowest BCUT2D eigenvalue weighted by Gasteiger charge is -2.34. The molecule has 10 nitrogen and oxygen atoms in total. The molecule has 0 unspecified atom stereocenters. The minimum atomic E-state index is -1.01. The average molecular weight is 536 g/mol. The third-order valence-corrected chi connectivity index (χ3v) is 6.77. The van der Waals surface area contributed by atoms with Crippen molar-refractivity contribution in [1.82, 2.24) is 10.2 Å². The SMILES string of the molecule is COC(=O)[C@@H]1C[C@@H](O)CN1C(=O)[C@@H](NC(=O)OCC=COc1ccc2c(c1)C(=N)c1ccccc1-2)C(C)(C)C. The Bertz CT molecular complexity index is 1310. The molecule has 2 amide bonds.